The molecule has 4 rings (SSSR count). The number of hydrogen-bond acceptors (Lipinski definition) is 8. The lowest BCUT2D eigenvalue weighted by atomic mass is 9.77. The first-order valence-electron chi connectivity index (χ1n) is 12.5. The van der Waals surface area contributed by atoms with Crippen molar-refractivity contribution in [3.63, 3.8) is 0 Å². The number of hydrogen-bond donors (Lipinski definition) is 1. The van der Waals surface area contributed by atoms with Gasteiger partial charge in [-0.2, -0.15) is 0 Å². The molecule has 1 N–H and O–H groups in total. The molecule has 0 radical (unpaired) electrons. The van der Waals surface area contributed by atoms with E-state index < -0.39 is 5.43 Å². The van der Waals surface area contributed by atoms with Gasteiger partial charge in [0.25, 0.3) is 0 Å². The Balaban J connectivity index is 1.47. The largest absolute Gasteiger partial charge is 0.502 e. The number of esters is 1. The van der Waals surface area contributed by atoms with Crippen LogP contribution in [0.15, 0.2) is 39.5 Å². The van der Waals surface area contributed by atoms with Crippen molar-refractivity contribution >= 4 is 11.7 Å². The van der Waals surface area contributed by atoms with Crippen LogP contribution in [0.4, 0.5) is 5.69 Å². The summed E-state index contributed by atoms with van der Waals surface area (Å²) >= 11 is 0. The first-order valence-corrected chi connectivity index (χ1v) is 12.5. The smallest absolute Gasteiger partial charge is 0.306 e. The lowest BCUT2D eigenvalue weighted by Crippen LogP contribution is -2.46. The van der Waals surface area contributed by atoms with Gasteiger partial charge in [0.15, 0.2) is 5.76 Å². The Kier molecular flexibility index (Phi) is 8.33. The van der Waals surface area contributed by atoms with Crippen molar-refractivity contribution < 1.29 is 23.8 Å². The summed E-state index contributed by atoms with van der Waals surface area (Å²) in [7, 11) is 3.02. The third kappa shape index (κ3) is 6.17. The molecule has 2 fully saturated rings. The average molecular weight is 485 g/mol. The highest BCUT2D eigenvalue weighted by molar-refractivity contribution is 5.70. The molecule has 190 valence electrons. The highest BCUT2D eigenvalue weighted by Gasteiger charge is 2.33. The zero-order valence-electron chi connectivity index (χ0n) is 20.7. The number of piperazine rings is 1. The van der Waals surface area contributed by atoms with Crippen molar-refractivity contribution in [2.75, 3.05) is 45.3 Å². The first kappa shape index (κ1) is 25.1. The molecule has 1 saturated heterocycles. The number of rotatable bonds is 8. The van der Waals surface area contributed by atoms with Crippen LogP contribution < -0.4 is 15.1 Å². The number of ether oxygens (including phenoxy) is 2. The van der Waals surface area contributed by atoms with E-state index in [-0.39, 0.29) is 35.7 Å². The maximum atomic E-state index is 12.7. The topological polar surface area (TPSA) is 92.5 Å². The quantitative estimate of drug-likeness (QED) is 0.564. The van der Waals surface area contributed by atoms with Crippen molar-refractivity contribution in [1.82, 2.24) is 4.90 Å². The summed E-state index contributed by atoms with van der Waals surface area (Å²) < 4.78 is 16.3. The lowest BCUT2D eigenvalue weighted by Gasteiger charge is -2.36. The van der Waals surface area contributed by atoms with Gasteiger partial charge in [0.2, 0.25) is 11.2 Å². The molecule has 2 aromatic rings. The van der Waals surface area contributed by atoms with Gasteiger partial charge in [-0.1, -0.05) is 19.3 Å². The molecule has 2 aliphatic rings. The van der Waals surface area contributed by atoms with Crippen LogP contribution in [0.3, 0.4) is 0 Å². The molecule has 1 unspecified atom stereocenters. The molecule has 1 aliphatic heterocycles. The SMILES string of the molecule is COC(=O)CC(c1oc(CN2CCN(c3ccc(OC)cc3)CC2)cc(=O)c1O)C1CCCCC1. The molecule has 1 atom stereocenters. The molecular formula is C27H36N2O6. The molecule has 0 amide bonds. The number of carbonyl (C=O) groups is 1. The number of carbonyl (C=O) groups excluding carboxylic acids is 1. The van der Waals surface area contributed by atoms with E-state index in [1.165, 1.54) is 19.6 Å². The normalized spacial score (nSPS) is 18.3. The number of benzene rings is 1. The lowest BCUT2D eigenvalue weighted by molar-refractivity contribution is -0.141. The maximum Gasteiger partial charge on any atom is 0.306 e. The van der Waals surface area contributed by atoms with E-state index in [1.54, 1.807) is 7.11 Å². The Morgan fingerprint density at radius 1 is 1.09 bits per heavy atom. The van der Waals surface area contributed by atoms with Gasteiger partial charge >= 0.3 is 5.97 Å². The molecule has 1 aliphatic carbocycles. The van der Waals surface area contributed by atoms with Gasteiger partial charge in [0.05, 0.1) is 27.2 Å². The van der Waals surface area contributed by atoms with Crippen molar-refractivity contribution in [3.05, 3.63) is 52.1 Å². The monoisotopic (exact) mass is 484 g/mol. The van der Waals surface area contributed by atoms with Crippen LogP contribution in [-0.2, 0) is 16.1 Å². The molecule has 0 bridgehead atoms. The fourth-order valence-corrected chi connectivity index (χ4v) is 5.33. The molecule has 8 nitrogen and oxygen atoms in total. The summed E-state index contributed by atoms with van der Waals surface area (Å²) in [6.45, 7) is 3.83. The van der Waals surface area contributed by atoms with Gasteiger partial charge in [0.1, 0.15) is 11.5 Å². The predicted molar refractivity (Wildman–Crippen MR) is 133 cm³/mol. The minimum absolute atomic E-state index is 0.0989. The fourth-order valence-electron chi connectivity index (χ4n) is 5.33. The van der Waals surface area contributed by atoms with Crippen LogP contribution in [-0.4, -0.2) is 56.4 Å². The maximum absolute atomic E-state index is 12.7. The molecule has 2 heterocycles. The summed E-state index contributed by atoms with van der Waals surface area (Å²) in [6.07, 6.45) is 5.31. The van der Waals surface area contributed by atoms with Crippen LogP contribution in [0.25, 0.3) is 0 Å². The Bertz CT molecular complexity index is 1040. The molecule has 1 aromatic heterocycles. The van der Waals surface area contributed by atoms with Crippen molar-refractivity contribution in [3.8, 4) is 11.5 Å². The number of anilines is 1. The van der Waals surface area contributed by atoms with E-state index in [0.717, 1.165) is 63.3 Å². The second kappa shape index (κ2) is 11.6. The van der Waals surface area contributed by atoms with Gasteiger partial charge in [-0.15, -0.1) is 0 Å². The van der Waals surface area contributed by atoms with Gasteiger partial charge in [-0.3, -0.25) is 14.5 Å². The molecule has 1 aromatic carbocycles. The van der Waals surface area contributed by atoms with Crippen LogP contribution >= 0.6 is 0 Å². The second-order valence-electron chi connectivity index (χ2n) is 9.54. The summed E-state index contributed by atoms with van der Waals surface area (Å²) in [6, 6.07) is 9.43. The predicted octanol–water partition coefficient (Wildman–Crippen LogP) is 3.90. The number of aromatic hydroxyl groups is 1. The van der Waals surface area contributed by atoms with E-state index in [1.807, 2.05) is 12.1 Å². The number of methoxy groups -OCH3 is 2. The van der Waals surface area contributed by atoms with Gasteiger partial charge in [0, 0.05) is 43.9 Å². The third-order valence-corrected chi connectivity index (χ3v) is 7.36. The standard InChI is InChI=1S/C27H36N2O6/c1-33-21-10-8-20(9-11-21)29-14-12-28(13-15-29)18-22-16-24(30)26(32)27(35-22)23(17-25(31)34-2)19-6-4-3-5-7-19/h8-11,16,19,23,32H,3-7,12-15,17-18H2,1-2H3. The van der Waals surface area contributed by atoms with Crippen LogP contribution in [0.5, 0.6) is 11.5 Å². The van der Waals surface area contributed by atoms with Crippen LogP contribution in [0, 0.1) is 5.92 Å². The van der Waals surface area contributed by atoms with Crippen molar-refractivity contribution in [1.29, 1.82) is 0 Å². The van der Waals surface area contributed by atoms with Crippen molar-refractivity contribution in [2.24, 2.45) is 5.92 Å². The van der Waals surface area contributed by atoms with Gasteiger partial charge < -0.3 is 23.9 Å². The van der Waals surface area contributed by atoms with Gasteiger partial charge in [-0.05, 0) is 43.0 Å². The van der Waals surface area contributed by atoms with Crippen LogP contribution in [0.2, 0.25) is 0 Å². The van der Waals surface area contributed by atoms with Gasteiger partial charge in [-0.25, -0.2) is 0 Å². The zero-order valence-corrected chi connectivity index (χ0v) is 20.7. The minimum Gasteiger partial charge on any atom is -0.502 e. The highest BCUT2D eigenvalue weighted by Crippen LogP contribution is 2.41. The summed E-state index contributed by atoms with van der Waals surface area (Å²) in [5.41, 5.74) is 0.700. The Morgan fingerprint density at radius 2 is 1.77 bits per heavy atom. The summed E-state index contributed by atoms with van der Waals surface area (Å²) in [4.78, 5) is 29.4. The summed E-state index contributed by atoms with van der Waals surface area (Å²) in [5.74, 6) is 0.681. The molecule has 8 heteroatoms. The van der Waals surface area contributed by atoms with Crippen molar-refractivity contribution in [2.45, 2.75) is 51.0 Å². The molecule has 35 heavy (non-hydrogen) atoms. The Hall–Kier alpha value is -3.00. The highest BCUT2D eigenvalue weighted by atomic mass is 16.5. The molecule has 1 saturated carbocycles. The summed E-state index contributed by atoms with van der Waals surface area (Å²) in [5, 5.41) is 10.6. The Labute approximate surface area is 206 Å². The van der Waals surface area contributed by atoms with E-state index in [4.69, 9.17) is 13.9 Å². The third-order valence-electron chi connectivity index (χ3n) is 7.36. The van der Waals surface area contributed by atoms with E-state index >= 15 is 0 Å². The minimum atomic E-state index is -0.455. The molecule has 0 spiro atoms. The number of nitrogens with zero attached hydrogens (tertiary/aromatic N) is 2. The average Bonchev–Trinajstić information content (AvgIpc) is 2.90. The van der Waals surface area contributed by atoms with E-state index in [0.29, 0.717) is 12.3 Å². The van der Waals surface area contributed by atoms with Crippen LogP contribution in [0.1, 0.15) is 56.0 Å². The Morgan fingerprint density at radius 3 is 2.40 bits per heavy atom. The molecular weight excluding hydrogens is 448 g/mol. The zero-order chi connectivity index (χ0) is 24.8. The van der Waals surface area contributed by atoms with E-state index in [9.17, 15) is 14.7 Å². The second-order valence-corrected chi connectivity index (χ2v) is 9.54. The fraction of sp³-hybridized carbons (Fsp3) is 0.556. The van der Waals surface area contributed by atoms with E-state index in [2.05, 4.69) is 21.9 Å². The first-order chi connectivity index (χ1) is 17.0.